The highest BCUT2D eigenvalue weighted by Crippen LogP contribution is 2.15. The van der Waals surface area contributed by atoms with Crippen molar-refractivity contribution in [3.63, 3.8) is 0 Å². The second kappa shape index (κ2) is 7.10. The monoisotopic (exact) mass is 254 g/mol. The van der Waals surface area contributed by atoms with E-state index >= 15 is 0 Å². The highest BCUT2D eigenvalue weighted by molar-refractivity contribution is 5.77. The molecule has 0 aliphatic carbocycles. The normalized spacial score (nSPS) is 29.9. The maximum absolute atomic E-state index is 12.1. The van der Waals surface area contributed by atoms with Gasteiger partial charge in [0.1, 0.15) is 6.61 Å². The molecule has 2 aliphatic heterocycles. The first-order valence-electron chi connectivity index (χ1n) is 7.37. The van der Waals surface area contributed by atoms with Crippen molar-refractivity contribution in [3.05, 3.63) is 0 Å². The Labute approximate surface area is 110 Å². The van der Waals surface area contributed by atoms with Gasteiger partial charge in [-0.05, 0) is 31.7 Å². The molecule has 2 heterocycles. The lowest BCUT2D eigenvalue weighted by molar-refractivity contribution is -0.139. The molecule has 2 saturated heterocycles. The summed E-state index contributed by atoms with van der Waals surface area (Å²) in [4.78, 5) is 14.1. The lowest BCUT2D eigenvalue weighted by atomic mass is 9.97. The molecule has 0 aromatic heterocycles. The highest BCUT2D eigenvalue weighted by atomic mass is 16.5. The fourth-order valence-corrected chi connectivity index (χ4v) is 2.77. The molecular weight excluding hydrogens is 228 g/mol. The molecular formula is C14H26N2O2. The molecule has 0 bridgehead atoms. The van der Waals surface area contributed by atoms with Crippen molar-refractivity contribution in [1.82, 2.24) is 10.2 Å². The Hall–Kier alpha value is -0.610. The molecule has 0 saturated carbocycles. The lowest BCUT2D eigenvalue weighted by Crippen LogP contribution is -2.43. The summed E-state index contributed by atoms with van der Waals surface area (Å²) in [6.45, 7) is 6.26. The number of likely N-dealkylation sites (tertiary alicyclic amines) is 1. The average molecular weight is 254 g/mol. The number of nitrogens with one attached hydrogen (secondary N) is 1. The van der Waals surface area contributed by atoms with Crippen molar-refractivity contribution < 1.29 is 9.53 Å². The Morgan fingerprint density at radius 2 is 2.00 bits per heavy atom. The smallest absolute Gasteiger partial charge is 0.248 e. The molecule has 2 unspecified atom stereocenters. The van der Waals surface area contributed by atoms with Crippen LogP contribution in [0.5, 0.6) is 0 Å². The topological polar surface area (TPSA) is 41.6 Å². The second-order valence-electron chi connectivity index (χ2n) is 5.61. The van der Waals surface area contributed by atoms with E-state index < -0.39 is 0 Å². The number of hydrogen-bond acceptors (Lipinski definition) is 3. The van der Waals surface area contributed by atoms with Crippen LogP contribution in [0.2, 0.25) is 0 Å². The van der Waals surface area contributed by atoms with Crippen LogP contribution in [0, 0.1) is 5.92 Å². The van der Waals surface area contributed by atoms with Gasteiger partial charge in [-0.2, -0.15) is 0 Å². The fraction of sp³-hybridized carbons (Fsp3) is 0.929. The minimum Gasteiger partial charge on any atom is -0.367 e. The first-order chi connectivity index (χ1) is 8.77. The zero-order valence-corrected chi connectivity index (χ0v) is 11.5. The van der Waals surface area contributed by atoms with E-state index in [1.807, 2.05) is 4.90 Å². The van der Waals surface area contributed by atoms with Crippen molar-refractivity contribution in [2.75, 3.05) is 32.8 Å². The lowest BCUT2D eigenvalue weighted by Gasteiger charge is -2.30. The highest BCUT2D eigenvalue weighted by Gasteiger charge is 2.23. The summed E-state index contributed by atoms with van der Waals surface area (Å²) in [5.41, 5.74) is 0. The molecule has 1 amide bonds. The van der Waals surface area contributed by atoms with E-state index in [4.69, 9.17) is 4.74 Å². The molecule has 0 radical (unpaired) electrons. The van der Waals surface area contributed by atoms with Gasteiger partial charge >= 0.3 is 0 Å². The van der Waals surface area contributed by atoms with Gasteiger partial charge in [0.25, 0.3) is 0 Å². The van der Waals surface area contributed by atoms with E-state index in [1.54, 1.807) is 0 Å². The van der Waals surface area contributed by atoms with Gasteiger partial charge in [-0.25, -0.2) is 0 Å². The maximum Gasteiger partial charge on any atom is 0.248 e. The Bertz CT molecular complexity index is 263. The van der Waals surface area contributed by atoms with Crippen LogP contribution >= 0.6 is 0 Å². The Morgan fingerprint density at radius 1 is 1.28 bits per heavy atom. The third kappa shape index (κ3) is 3.95. The molecule has 2 fully saturated rings. The number of carbonyl (C=O) groups excluding carboxylic acids is 1. The Morgan fingerprint density at radius 3 is 2.67 bits per heavy atom. The molecule has 1 N–H and O–H groups in total. The third-order valence-electron chi connectivity index (χ3n) is 4.14. The number of nitrogens with zero attached hydrogens (tertiary/aromatic N) is 1. The summed E-state index contributed by atoms with van der Waals surface area (Å²) < 4.78 is 5.80. The van der Waals surface area contributed by atoms with E-state index in [2.05, 4.69) is 12.2 Å². The third-order valence-corrected chi connectivity index (χ3v) is 4.14. The van der Waals surface area contributed by atoms with Crippen molar-refractivity contribution in [2.24, 2.45) is 5.92 Å². The molecule has 104 valence electrons. The number of hydrogen-bond donors (Lipinski definition) is 1. The van der Waals surface area contributed by atoms with Gasteiger partial charge in [0.2, 0.25) is 5.91 Å². The van der Waals surface area contributed by atoms with Gasteiger partial charge < -0.3 is 15.0 Å². The molecule has 4 heteroatoms. The van der Waals surface area contributed by atoms with Gasteiger partial charge in [-0.3, -0.25) is 4.79 Å². The van der Waals surface area contributed by atoms with E-state index in [0.29, 0.717) is 5.92 Å². The van der Waals surface area contributed by atoms with Crippen molar-refractivity contribution in [2.45, 2.75) is 45.1 Å². The predicted octanol–water partition coefficient (Wildman–Crippen LogP) is 1.40. The summed E-state index contributed by atoms with van der Waals surface area (Å²) in [5.74, 6) is 0.734. The molecule has 2 atom stereocenters. The molecule has 2 rings (SSSR count). The van der Waals surface area contributed by atoms with E-state index in [0.717, 1.165) is 45.4 Å². The number of ether oxygens (including phenoxy) is 1. The largest absolute Gasteiger partial charge is 0.367 e. The van der Waals surface area contributed by atoms with Gasteiger partial charge in [-0.1, -0.05) is 19.8 Å². The van der Waals surface area contributed by atoms with Crippen LogP contribution in [0.4, 0.5) is 0 Å². The summed E-state index contributed by atoms with van der Waals surface area (Å²) in [6.07, 6.45) is 6.15. The summed E-state index contributed by atoms with van der Waals surface area (Å²) >= 11 is 0. The number of carbonyl (C=O) groups is 1. The first-order valence-corrected chi connectivity index (χ1v) is 7.37. The van der Waals surface area contributed by atoms with Crippen LogP contribution in [0.25, 0.3) is 0 Å². The van der Waals surface area contributed by atoms with Crippen LogP contribution in [-0.4, -0.2) is 49.7 Å². The van der Waals surface area contributed by atoms with Crippen LogP contribution in [-0.2, 0) is 9.53 Å². The van der Waals surface area contributed by atoms with Crippen LogP contribution in [0.3, 0.4) is 0 Å². The second-order valence-corrected chi connectivity index (χ2v) is 5.61. The standard InChI is InChI=1S/C14H26N2O2/c1-12-6-7-15-10-13(12)18-11-14(17)16-8-4-2-3-5-9-16/h12-13,15H,2-11H2,1H3. The summed E-state index contributed by atoms with van der Waals surface area (Å²) in [7, 11) is 0. The fourth-order valence-electron chi connectivity index (χ4n) is 2.77. The summed E-state index contributed by atoms with van der Waals surface area (Å²) in [6, 6.07) is 0. The van der Waals surface area contributed by atoms with Crippen LogP contribution in [0.1, 0.15) is 39.0 Å². The number of rotatable bonds is 3. The van der Waals surface area contributed by atoms with E-state index in [1.165, 1.54) is 12.8 Å². The van der Waals surface area contributed by atoms with Crippen molar-refractivity contribution in [3.8, 4) is 0 Å². The molecule has 0 aromatic rings. The number of piperidine rings is 1. The SMILES string of the molecule is CC1CCNCC1OCC(=O)N1CCCCCC1. The zero-order chi connectivity index (χ0) is 12.8. The molecule has 18 heavy (non-hydrogen) atoms. The van der Waals surface area contributed by atoms with E-state index in [-0.39, 0.29) is 18.6 Å². The Kier molecular flexibility index (Phi) is 5.45. The predicted molar refractivity (Wildman–Crippen MR) is 71.4 cm³/mol. The maximum atomic E-state index is 12.1. The van der Waals surface area contributed by atoms with E-state index in [9.17, 15) is 4.79 Å². The summed E-state index contributed by atoms with van der Waals surface area (Å²) in [5, 5.41) is 3.33. The van der Waals surface area contributed by atoms with Crippen molar-refractivity contribution >= 4 is 5.91 Å². The van der Waals surface area contributed by atoms with Crippen molar-refractivity contribution in [1.29, 1.82) is 0 Å². The zero-order valence-electron chi connectivity index (χ0n) is 11.5. The molecule has 4 nitrogen and oxygen atoms in total. The molecule has 2 aliphatic rings. The quantitative estimate of drug-likeness (QED) is 0.828. The minimum absolute atomic E-state index is 0.176. The van der Waals surface area contributed by atoms with Gasteiger partial charge in [0.15, 0.2) is 0 Å². The Balaban J connectivity index is 1.72. The van der Waals surface area contributed by atoms with Gasteiger partial charge in [-0.15, -0.1) is 0 Å². The molecule has 0 aromatic carbocycles. The number of amides is 1. The van der Waals surface area contributed by atoms with Crippen LogP contribution in [0.15, 0.2) is 0 Å². The molecule has 0 spiro atoms. The van der Waals surface area contributed by atoms with Crippen LogP contribution < -0.4 is 5.32 Å². The average Bonchev–Trinajstić information content (AvgIpc) is 2.66. The van der Waals surface area contributed by atoms with Gasteiger partial charge in [0.05, 0.1) is 6.10 Å². The first kappa shape index (κ1) is 13.8. The van der Waals surface area contributed by atoms with Gasteiger partial charge in [0, 0.05) is 19.6 Å². The minimum atomic E-state index is 0.176.